The van der Waals surface area contributed by atoms with Gasteiger partial charge in [0, 0.05) is 42.8 Å². The summed E-state index contributed by atoms with van der Waals surface area (Å²) < 4.78 is 7.64. The van der Waals surface area contributed by atoms with Crippen molar-refractivity contribution in [2.24, 2.45) is 12.8 Å². The van der Waals surface area contributed by atoms with Crippen molar-refractivity contribution in [1.29, 1.82) is 0 Å². The molecule has 2 unspecified atom stereocenters. The molecule has 1 aliphatic heterocycles. The number of hydrogen-bond acceptors (Lipinski definition) is 3. The summed E-state index contributed by atoms with van der Waals surface area (Å²) in [5.41, 5.74) is 8.86. The van der Waals surface area contributed by atoms with E-state index in [0.717, 1.165) is 26.2 Å². The molecule has 2 heterocycles. The molecule has 0 bridgehead atoms. The molecule has 1 saturated heterocycles. The lowest BCUT2D eigenvalue weighted by Gasteiger charge is -2.26. The van der Waals surface area contributed by atoms with Crippen molar-refractivity contribution < 1.29 is 4.74 Å². The van der Waals surface area contributed by atoms with Crippen LogP contribution in [-0.4, -0.2) is 30.4 Å². The third kappa shape index (κ3) is 2.52. The number of hydrogen-bond donors (Lipinski definition) is 2. The van der Waals surface area contributed by atoms with E-state index in [9.17, 15) is 0 Å². The molecule has 4 nitrogen and oxygen atoms in total. The Morgan fingerprint density at radius 1 is 1.47 bits per heavy atom. The smallest absolute Gasteiger partial charge is 0.0620 e. The molecule has 1 aromatic heterocycles. The monoisotopic (exact) mass is 259 g/mol. The van der Waals surface area contributed by atoms with Crippen LogP contribution in [-0.2, 0) is 11.8 Å². The predicted octanol–water partition coefficient (Wildman–Crippen LogP) is 1.56. The quantitative estimate of drug-likeness (QED) is 0.879. The Morgan fingerprint density at radius 2 is 2.32 bits per heavy atom. The minimum Gasteiger partial charge on any atom is -0.379 e. The van der Waals surface area contributed by atoms with Gasteiger partial charge in [0.25, 0.3) is 0 Å². The van der Waals surface area contributed by atoms with Gasteiger partial charge < -0.3 is 20.4 Å². The third-order valence-corrected chi connectivity index (χ3v) is 3.86. The third-order valence-electron chi connectivity index (χ3n) is 3.86. The minimum absolute atomic E-state index is 0.0466. The number of ether oxygens (including phenoxy) is 1. The van der Waals surface area contributed by atoms with Crippen LogP contribution in [0.5, 0.6) is 0 Å². The maximum Gasteiger partial charge on any atom is 0.0620 e. The Labute approximate surface area is 113 Å². The van der Waals surface area contributed by atoms with Crippen molar-refractivity contribution in [3.8, 4) is 0 Å². The van der Waals surface area contributed by atoms with E-state index < -0.39 is 0 Å². The zero-order valence-electron chi connectivity index (χ0n) is 11.3. The number of nitrogens with two attached hydrogens (primary N) is 1. The van der Waals surface area contributed by atoms with E-state index in [1.807, 2.05) is 0 Å². The van der Waals surface area contributed by atoms with Gasteiger partial charge in [0.2, 0.25) is 0 Å². The van der Waals surface area contributed by atoms with Crippen LogP contribution in [0.1, 0.15) is 18.0 Å². The second-order valence-electron chi connectivity index (χ2n) is 5.28. The molecule has 1 fully saturated rings. The summed E-state index contributed by atoms with van der Waals surface area (Å²) in [5.74, 6) is 0. The Kier molecular flexibility index (Phi) is 3.55. The first-order valence-electron chi connectivity index (χ1n) is 6.86. The van der Waals surface area contributed by atoms with Gasteiger partial charge in [-0.1, -0.05) is 18.2 Å². The van der Waals surface area contributed by atoms with Crippen LogP contribution >= 0.6 is 0 Å². The van der Waals surface area contributed by atoms with Gasteiger partial charge in [0.1, 0.15) is 0 Å². The second-order valence-corrected chi connectivity index (χ2v) is 5.28. The number of rotatable bonds is 3. The Balaban J connectivity index is 1.82. The summed E-state index contributed by atoms with van der Waals surface area (Å²) in [5, 5.41) is 4.72. The van der Waals surface area contributed by atoms with E-state index in [2.05, 4.69) is 47.4 Å². The number of aryl methyl sites for hydroxylation is 1. The molecule has 4 heteroatoms. The standard InChI is InChI=1S/C15H21N3O/c1-18-9-13(12-4-2-3-5-15(12)18)14(16)8-11-10-19-7-6-17-11/h2-5,9,11,14,17H,6-8,10,16H2,1H3. The van der Waals surface area contributed by atoms with Gasteiger partial charge in [0.15, 0.2) is 0 Å². The molecule has 2 aromatic rings. The summed E-state index contributed by atoms with van der Waals surface area (Å²) >= 11 is 0. The molecule has 0 amide bonds. The predicted molar refractivity (Wildman–Crippen MR) is 77.1 cm³/mol. The van der Waals surface area contributed by atoms with Gasteiger partial charge in [-0.2, -0.15) is 0 Å². The first-order chi connectivity index (χ1) is 9.25. The van der Waals surface area contributed by atoms with Gasteiger partial charge in [0.05, 0.1) is 13.2 Å². The normalized spacial score (nSPS) is 21.7. The zero-order chi connectivity index (χ0) is 13.2. The van der Waals surface area contributed by atoms with Gasteiger partial charge in [-0.15, -0.1) is 0 Å². The number of nitrogens with one attached hydrogen (secondary N) is 1. The highest BCUT2D eigenvalue weighted by atomic mass is 16.5. The van der Waals surface area contributed by atoms with E-state index in [0.29, 0.717) is 6.04 Å². The van der Waals surface area contributed by atoms with Crippen LogP contribution in [0.2, 0.25) is 0 Å². The topological polar surface area (TPSA) is 52.2 Å². The molecule has 0 aliphatic carbocycles. The van der Waals surface area contributed by atoms with Crippen LogP contribution in [0, 0.1) is 0 Å². The van der Waals surface area contributed by atoms with E-state index in [-0.39, 0.29) is 6.04 Å². The average Bonchev–Trinajstić information content (AvgIpc) is 2.78. The van der Waals surface area contributed by atoms with Crippen molar-refractivity contribution in [3.63, 3.8) is 0 Å². The molecule has 3 N–H and O–H groups in total. The molecule has 0 saturated carbocycles. The van der Waals surface area contributed by atoms with E-state index in [4.69, 9.17) is 10.5 Å². The molecular formula is C15H21N3O. The lowest BCUT2D eigenvalue weighted by molar-refractivity contribution is 0.0720. The Morgan fingerprint density at radius 3 is 3.11 bits per heavy atom. The van der Waals surface area contributed by atoms with Crippen LogP contribution in [0.3, 0.4) is 0 Å². The van der Waals surface area contributed by atoms with Crippen molar-refractivity contribution in [1.82, 2.24) is 9.88 Å². The minimum atomic E-state index is 0.0466. The highest BCUT2D eigenvalue weighted by Crippen LogP contribution is 2.27. The Bertz CT molecular complexity index is 558. The highest BCUT2D eigenvalue weighted by molar-refractivity contribution is 5.84. The summed E-state index contributed by atoms with van der Waals surface area (Å²) in [4.78, 5) is 0. The summed E-state index contributed by atoms with van der Waals surface area (Å²) in [6, 6.07) is 8.82. The fraction of sp³-hybridized carbons (Fsp3) is 0.467. The number of aromatic nitrogens is 1. The van der Waals surface area contributed by atoms with Crippen molar-refractivity contribution in [2.45, 2.75) is 18.5 Å². The van der Waals surface area contributed by atoms with Crippen molar-refractivity contribution in [3.05, 3.63) is 36.0 Å². The van der Waals surface area contributed by atoms with Crippen LogP contribution in [0.15, 0.2) is 30.5 Å². The van der Waals surface area contributed by atoms with E-state index in [1.165, 1.54) is 16.5 Å². The lowest BCUT2D eigenvalue weighted by atomic mass is 9.99. The Hall–Kier alpha value is -1.36. The molecule has 3 rings (SSSR count). The fourth-order valence-corrected chi connectivity index (χ4v) is 2.87. The second kappa shape index (κ2) is 5.33. The van der Waals surface area contributed by atoms with Crippen molar-refractivity contribution >= 4 is 10.9 Å². The summed E-state index contributed by atoms with van der Waals surface area (Å²) in [6.07, 6.45) is 3.06. The number of benzene rings is 1. The number of fused-ring (bicyclic) bond motifs is 1. The molecule has 2 atom stereocenters. The van der Waals surface area contributed by atoms with Gasteiger partial charge in [-0.3, -0.25) is 0 Å². The molecular weight excluding hydrogens is 238 g/mol. The first-order valence-corrected chi connectivity index (χ1v) is 6.86. The van der Waals surface area contributed by atoms with Crippen LogP contribution in [0.4, 0.5) is 0 Å². The highest BCUT2D eigenvalue weighted by Gasteiger charge is 2.20. The number of para-hydroxylation sites is 1. The van der Waals surface area contributed by atoms with Gasteiger partial charge in [-0.25, -0.2) is 0 Å². The van der Waals surface area contributed by atoms with E-state index >= 15 is 0 Å². The summed E-state index contributed by atoms with van der Waals surface area (Å²) in [6.45, 7) is 2.49. The summed E-state index contributed by atoms with van der Waals surface area (Å²) in [7, 11) is 2.07. The average molecular weight is 259 g/mol. The lowest BCUT2D eigenvalue weighted by Crippen LogP contribution is -2.42. The number of morpholine rings is 1. The molecule has 0 spiro atoms. The van der Waals surface area contributed by atoms with Gasteiger partial charge in [-0.05, 0) is 18.1 Å². The number of nitrogens with zero attached hydrogens (tertiary/aromatic N) is 1. The maximum absolute atomic E-state index is 6.40. The zero-order valence-corrected chi connectivity index (χ0v) is 11.3. The van der Waals surface area contributed by atoms with Crippen molar-refractivity contribution in [2.75, 3.05) is 19.8 Å². The molecule has 1 aliphatic rings. The van der Waals surface area contributed by atoms with Gasteiger partial charge >= 0.3 is 0 Å². The SMILES string of the molecule is Cn1cc(C(N)CC2COCCN2)c2ccccc21. The maximum atomic E-state index is 6.40. The molecule has 1 aromatic carbocycles. The largest absolute Gasteiger partial charge is 0.379 e. The molecule has 102 valence electrons. The van der Waals surface area contributed by atoms with Crippen LogP contribution < -0.4 is 11.1 Å². The van der Waals surface area contributed by atoms with E-state index in [1.54, 1.807) is 0 Å². The molecule has 0 radical (unpaired) electrons. The first kappa shape index (κ1) is 12.7. The fourth-order valence-electron chi connectivity index (χ4n) is 2.87. The molecule has 19 heavy (non-hydrogen) atoms. The van der Waals surface area contributed by atoms with Crippen LogP contribution in [0.25, 0.3) is 10.9 Å².